The lowest BCUT2D eigenvalue weighted by atomic mass is 9.96. The van der Waals surface area contributed by atoms with Gasteiger partial charge in [-0.2, -0.15) is 0 Å². The van der Waals surface area contributed by atoms with E-state index in [1.165, 1.54) is 0 Å². The van der Waals surface area contributed by atoms with Gasteiger partial charge < -0.3 is 25.2 Å². The summed E-state index contributed by atoms with van der Waals surface area (Å²) in [6, 6.07) is 14.7. The van der Waals surface area contributed by atoms with Crippen molar-refractivity contribution in [2.24, 2.45) is 5.92 Å². The van der Waals surface area contributed by atoms with Gasteiger partial charge in [-0.05, 0) is 47.9 Å². The van der Waals surface area contributed by atoms with Crippen LogP contribution in [0.4, 0.5) is 4.79 Å². The Balaban J connectivity index is 1.42. The van der Waals surface area contributed by atoms with E-state index >= 15 is 0 Å². The predicted octanol–water partition coefficient (Wildman–Crippen LogP) is 3.30. The molecule has 0 aliphatic heterocycles. The molecule has 3 N–H and O–H groups in total. The second kappa shape index (κ2) is 9.85. The third-order valence-corrected chi connectivity index (χ3v) is 6.66. The van der Waals surface area contributed by atoms with Gasteiger partial charge >= 0.3 is 12.1 Å². The number of nitrogens with one attached hydrogen (secondary N) is 2. The summed E-state index contributed by atoms with van der Waals surface area (Å²) in [4.78, 5) is 36.9. The van der Waals surface area contributed by atoms with Gasteiger partial charge in [-0.25, -0.2) is 4.79 Å². The number of hydrogen-bond acceptors (Lipinski definition) is 5. The number of benzene rings is 2. The second-order valence-electron chi connectivity index (χ2n) is 9.23. The number of alkyl carbamates (subject to hydrolysis) is 1. The van der Waals surface area contributed by atoms with Crippen molar-refractivity contribution >= 4 is 18.0 Å². The highest BCUT2D eigenvalue weighted by Gasteiger charge is 2.44. The minimum absolute atomic E-state index is 0.0741. The zero-order valence-corrected chi connectivity index (χ0v) is 19.4. The number of ether oxygens (including phenoxy) is 2. The maximum Gasteiger partial charge on any atom is 0.407 e. The minimum Gasteiger partial charge on any atom is -0.481 e. The highest BCUT2D eigenvalue weighted by Crippen LogP contribution is 2.44. The molecule has 0 saturated heterocycles. The van der Waals surface area contributed by atoms with Crippen molar-refractivity contribution in [1.82, 2.24) is 10.6 Å². The van der Waals surface area contributed by atoms with Crippen molar-refractivity contribution in [2.75, 3.05) is 20.3 Å². The quantitative estimate of drug-likeness (QED) is 0.495. The highest BCUT2D eigenvalue weighted by atomic mass is 16.5. The molecule has 1 saturated carbocycles. The smallest absolute Gasteiger partial charge is 0.407 e. The Morgan fingerprint density at radius 1 is 1.06 bits per heavy atom. The van der Waals surface area contributed by atoms with Crippen LogP contribution in [0.3, 0.4) is 0 Å². The van der Waals surface area contributed by atoms with Crippen molar-refractivity contribution in [2.45, 2.75) is 43.7 Å². The van der Waals surface area contributed by atoms with Crippen LogP contribution in [0.1, 0.15) is 43.2 Å². The van der Waals surface area contributed by atoms with Crippen LogP contribution in [-0.4, -0.2) is 55.0 Å². The second-order valence-corrected chi connectivity index (χ2v) is 9.23. The molecule has 2 aliphatic carbocycles. The van der Waals surface area contributed by atoms with E-state index in [1.54, 1.807) is 7.11 Å². The Hall–Kier alpha value is -3.39. The van der Waals surface area contributed by atoms with E-state index in [0.717, 1.165) is 35.1 Å². The van der Waals surface area contributed by atoms with Crippen LogP contribution >= 0.6 is 0 Å². The summed E-state index contributed by atoms with van der Waals surface area (Å²) < 4.78 is 10.8. The number of methoxy groups -OCH3 is 1. The van der Waals surface area contributed by atoms with Crippen LogP contribution in [0.2, 0.25) is 0 Å². The van der Waals surface area contributed by atoms with Crippen molar-refractivity contribution in [1.29, 1.82) is 0 Å². The molecule has 2 aromatic rings. The number of amides is 2. The number of fused-ring (bicyclic) bond motifs is 3. The number of carbonyl (C=O) groups is 3. The summed E-state index contributed by atoms with van der Waals surface area (Å²) >= 11 is 0. The molecular weight excluding hydrogens is 436 g/mol. The molecule has 2 aromatic carbocycles. The van der Waals surface area contributed by atoms with E-state index in [2.05, 4.69) is 10.6 Å². The number of hydrogen-bond donors (Lipinski definition) is 3. The predicted molar refractivity (Wildman–Crippen MR) is 125 cm³/mol. The van der Waals surface area contributed by atoms with Crippen LogP contribution in [0.5, 0.6) is 0 Å². The van der Waals surface area contributed by atoms with E-state index in [4.69, 9.17) is 9.47 Å². The van der Waals surface area contributed by atoms with E-state index in [0.29, 0.717) is 6.61 Å². The van der Waals surface area contributed by atoms with E-state index < -0.39 is 36.0 Å². The lowest BCUT2D eigenvalue weighted by molar-refractivity contribution is -0.140. The minimum atomic E-state index is -1.26. The maximum absolute atomic E-state index is 12.9. The summed E-state index contributed by atoms with van der Waals surface area (Å²) in [6.45, 7) is 2.25. The monoisotopic (exact) mass is 466 g/mol. The molecule has 0 aromatic heterocycles. The first-order chi connectivity index (χ1) is 16.3. The molecule has 2 unspecified atom stereocenters. The first kappa shape index (κ1) is 23.8. The highest BCUT2D eigenvalue weighted by molar-refractivity contribution is 5.89. The summed E-state index contributed by atoms with van der Waals surface area (Å²) in [5, 5.41) is 14.6. The molecule has 0 heterocycles. The standard InChI is InChI=1S/C26H30N2O6/c1-26(15-33-2,16-11-12-16)28-24(31)22(13-23(29)30)27-25(32)34-14-21-19-9-5-3-7-17(19)18-8-4-6-10-20(18)21/h3-10,16,21-22H,11-15H2,1-2H3,(H,27,32)(H,28,31)(H,29,30). The number of carboxylic acid groups (broad SMARTS) is 1. The zero-order chi connectivity index (χ0) is 24.3. The van der Waals surface area contributed by atoms with Crippen molar-refractivity contribution in [3.63, 3.8) is 0 Å². The van der Waals surface area contributed by atoms with Crippen LogP contribution < -0.4 is 10.6 Å². The molecule has 0 spiro atoms. The molecule has 8 nitrogen and oxygen atoms in total. The average Bonchev–Trinajstić information content (AvgIpc) is 3.61. The van der Waals surface area contributed by atoms with Crippen molar-refractivity contribution in [3.8, 4) is 11.1 Å². The molecule has 8 heteroatoms. The summed E-state index contributed by atoms with van der Waals surface area (Å²) in [5.41, 5.74) is 3.72. The third kappa shape index (κ3) is 5.07. The van der Waals surface area contributed by atoms with Crippen molar-refractivity contribution < 1.29 is 29.0 Å². The number of aliphatic carboxylic acids is 1. The fraction of sp³-hybridized carbons (Fsp3) is 0.423. The summed E-state index contributed by atoms with van der Waals surface area (Å²) in [5.74, 6) is -1.64. The van der Waals surface area contributed by atoms with Gasteiger partial charge in [0.25, 0.3) is 0 Å². The van der Waals surface area contributed by atoms with Crippen molar-refractivity contribution in [3.05, 3.63) is 59.7 Å². The molecule has 4 rings (SSSR count). The van der Waals surface area contributed by atoms with Crippen LogP contribution in [0, 0.1) is 5.92 Å². The largest absolute Gasteiger partial charge is 0.481 e. The molecule has 0 radical (unpaired) electrons. The van der Waals surface area contributed by atoms with E-state index in [1.807, 2.05) is 55.5 Å². The number of rotatable bonds is 10. The van der Waals surface area contributed by atoms with Gasteiger partial charge in [0.1, 0.15) is 12.6 Å². The maximum atomic E-state index is 12.9. The van der Waals surface area contributed by atoms with Gasteiger partial charge in [0.2, 0.25) is 5.91 Å². The molecule has 0 bridgehead atoms. The molecule has 1 fully saturated rings. The van der Waals surface area contributed by atoms with E-state index in [-0.39, 0.29) is 18.4 Å². The van der Waals surface area contributed by atoms with Crippen LogP contribution in [0.25, 0.3) is 11.1 Å². The number of carboxylic acids is 1. The zero-order valence-electron chi connectivity index (χ0n) is 19.4. The Bertz CT molecular complexity index is 1040. The van der Waals surface area contributed by atoms with Gasteiger partial charge in [0, 0.05) is 13.0 Å². The fourth-order valence-electron chi connectivity index (χ4n) is 4.81. The normalized spacial score (nSPS) is 17.1. The first-order valence-electron chi connectivity index (χ1n) is 11.5. The first-order valence-corrected chi connectivity index (χ1v) is 11.5. The Morgan fingerprint density at radius 2 is 1.65 bits per heavy atom. The SMILES string of the molecule is COCC(C)(NC(=O)C(CC(=O)O)NC(=O)OCC1c2ccccc2-c2ccccc21)C1CC1. The van der Waals surface area contributed by atoms with Crippen LogP contribution in [-0.2, 0) is 19.1 Å². The average molecular weight is 467 g/mol. The summed E-state index contributed by atoms with van der Waals surface area (Å²) in [7, 11) is 1.55. The molecular formula is C26H30N2O6. The summed E-state index contributed by atoms with van der Waals surface area (Å²) in [6.07, 6.45) is 0.541. The molecule has 2 amide bonds. The molecule has 34 heavy (non-hydrogen) atoms. The van der Waals surface area contributed by atoms with Gasteiger partial charge in [-0.1, -0.05) is 48.5 Å². The Kier molecular flexibility index (Phi) is 6.88. The van der Waals surface area contributed by atoms with Gasteiger partial charge in [-0.3, -0.25) is 9.59 Å². The van der Waals surface area contributed by atoms with Gasteiger partial charge in [-0.15, -0.1) is 0 Å². The lowest BCUT2D eigenvalue weighted by Gasteiger charge is -2.32. The molecule has 2 atom stereocenters. The third-order valence-electron chi connectivity index (χ3n) is 6.66. The molecule has 2 aliphatic rings. The lowest BCUT2D eigenvalue weighted by Crippen LogP contribution is -2.57. The topological polar surface area (TPSA) is 114 Å². The van der Waals surface area contributed by atoms with E-state index in [9.17, 15) is 19.5 Å². The van der Waals surface area contributed by atoms with Gasteiger partial charge in [0.05, 0.1) is 18.6 Å². The van der Waals surface area contributed by atoms with Gasteiger partial charge in [0.15, 0.2) is 0 Å². The Morgan fingerprint density at radius 3 is 2.18 bits per heavy atom. The fourth-order valence-corrected chi connectivity index (χ4v) is 4.81. The molecule has 180 valence electrons. The number of carbonyl (C=O) groups excluding carboxylic acids is 2. The Labute approximate surface area is 198 Å². The van der Waals surface area contributed by atoms with Crippen LogP contribution in [0.15, 0.2) is 48.5 Å².